The number of primary amides is 2. The number of urea groups is 1. The number of nitrogens with zero attached hydrogens (tertiary/aromatic N) is 2. The first-order valence-corrected chi connectivity index (χ1v) is 9.42. The average Bonchev–Trinajstić information content (AvgIpc) is 3.05. The van der Waals surface area contributed by atoms with Crippen molar-refractivity contribution in [1.82, 2.24) is 0 Å². The van der Waals surface area contributed by atoms with E-state index in [9.17, 15) is 14.4 Å². The zero-order valence-corrected chi connectivity index (χ0v) is 15.6. The van der Waals surface area contributed by atoms with Gasteiger partial charge in [-0.2, -0.15) is 0 Å². The van der Waals surface area contributed by atoms with Gasteiger partial charge in [0.15, 0.2) is 5.78 Å². The van der Waals surface area contributed by atoms with Crippen molar-refractivity contribution in [1.29, 1.82) is 0 Å². The Morgan fingerprint density at radius 3 is 2.48 bits per heavy atom. The van der Waals surface area contributed by atoms with Gasteiger partial charge in [-0.05, 0) is 38.0 Å². The highest BCUT2D eigenvalue weighted by molar-refractivity contribution is 6.00. The Bertz CT molecular complexity index is 745. The Morgan fingerprint density at radius 1 is 1.15 bits per heavy atom. The fourth-order valence-corrected chi connectivity index (χ4v) is 3.83. The van der Waals surface area contributed by atoms with Crippen molar-refractivity contribution in [3.8, 4) is 0 Å². The summed E-state index contributed by atoms with van der Waals surface area (Å²) in [7, 11) is 0. The summed E-state index contributed by atoms with van der Waals surface area (Å²) in [6.07, 6.45) is 5.41. The second-order valence-corrected chi connectivity index (χ2v) is 7.31. The standard InChI is InChI=1S/C19H27N5O3/c1-12(18(20)26)23-11-24(19(21)27)15-8-7-14(9-16(15)23)22-10-17(25)13-5-3-2-4-6-13/h7-9,12-13,22H,2-6,10-11H2,1H3,(H2,20,26)(H2,21,27). The van der Waals surface area contributed by atoms with Gasteiger partial charge < -0.3 is 21.7 Å². The number of carbonyl (C=O) groups excluding carboxylic acids is 3. The van der Waals surface area contributed by atoms with E-state index in [0.717, 1.165) is 31.4 Å². The third kappa shape index (κ3) is 3.99. The molecular weight excluding hydrogens is 346 g/mol. The second-order valence-electron chi connectivity index (χ2n) is 7.31. The molecule has 1 fully saturated rings. The van der Waals surface area contributed by atoms with Crippen LogP contribution >= 0.6 is 0 Å². The van der Waals surface area contributed by atoms with Gasteiger partial charge in [0.2, 0.25) is 5.91 Å². The summed E-state index contributed by atoms with van der Waals surface area (Å²) in [4.78, 5) is 38.9. The summed E-state index contributed by atoms with van der Waals surface area (Å²) < 4.78 is 0. The largest absolute Gasteiger partial charge is 0.378 e. The molecule has 1 aromatic rings. The maximum Gasteiger partial charge on any atom is 0.320 e. The first kappa shape index (κ1) is 19.0. The summed E-state index contributed by atoms with van der Waals surface area (Å²) in [5.74, 6) is -0.105. The Labute approximate surface area is 158 Å². The number of nitrogens with two attached hydrogens (primary N) is 2. The summed E-state index contributed by atoms with van der Waals surface area (Å²) >= 11 is 0. The van der Waals surface area contributed by atoms with Gasteiger partial charge in [0, 0.05) is 11.6 Å². The maximum atomic E-state index is 12.4. The number of fused-ring (bicyclic) bond motifs is 1. The van der Waals surface area contributed by atoms with Crippen LogP contribution in [0.2, 0.25) is 0 Å². The molecule has 1 heterocycles. The molecule has 1 aliphatic carbocycles. The lowest BCUT2D eigenvalue weighted by atomic mass is 9.86. The van der Waals surface area contributed by atoms with E-state index < -0.39 is 18.0 Å². The normalized spacial score (nSPS) is 18.1. The predicted molar refractivity (Wildman–Crippen MR) is 105 cm³/mol. The van der Waals surface area contributed by atoms with Gasteiger partial charge in [0.25, 0.3) is 0 Å². The first-order chi connectivity index (χ1) is 12.9. The Balaban J connectivity index is 1.75. The quantitative estimate of drug-likeness (QED) is 0.702. The van der Waals surface area contributed by atoms with Crippen molar-refractivity contribution in [3.63, 3.8) is 0 Å². The van der Waals surface area contributed by atoms with Crippen LogP contribution in [-0.4, -0.2) is 37.0 Å². The minimum absolute atomic E-state index is 0.150. The third-order valence-corrected chi connectivity index (χ3v) is 5.54. The molecule has 0 spiro atoms. The molecule has 8 nitrogen and oxygen atoms in total. The molecule has 1 unspecified atom stereocenters. The second kappa shape index (κ2) is 7.85. The zero-order valence-electron chi connectivity index (χ0n) is 15.6. The van der Waals surface area contributed by atoms with Crippen LogP contribution in [0.5, 0.6) is 0 Å². The molecule has 0 saturated heterocycles. The topological polar surface area (TPSA) is 122 Å². The molecule has 1 atom stereocenters. The average molecular weight is 373 g/mol. The summed E-state index contributed by atoms with van der Waals surface area (Å²) in [5, 5.41) is 3.18. The van der Waals surface area contributed by atoms with E-state index in [0.29, 0.717) is 11.4 Å². The number of benzene rings is 1. The fraction of sp³-hybridized carbons (Fsp3) is 0.526. The van der Waals surface area contributed by atoms with Crippen LogP contribution in [0.1, 0.15) is 39.0 Å². The van der Waals surface area contributed by atoms with E-state index >= 15 is 0 Å². The lowest BCUT2D eigenvalue weighted by Gasteiger charge is -2.24. The first-order valence-electron chi connectivity index (χ1n) is 9.42. The molecule has 2 aliphatic rings. The number of amides is 3. The van der Waals surface area contributed by atoms with Crippen LogP contribution in [0.3, 0.4) is 0 Å². The number of ketones is 1. The Hall–Kier alpha value is -2.77. The third-order valence-electron chi connectivity index (χ3n) is 5.54. The molecule has 1 saturated carbocycles. The van der Waals surface area contributed by atoms with Crippen LogP contribution in [0.15, 0.2) is 18.2 Å². The minimum Gasteiger partial charge on any atom is -0.378 e. The number of anilines is 3. The number of nitrogens with one attached hydrogen (secondary N) is 1. The van der Waals surface area contributed by atoms with Gasteiger partial charge in [-0.15, -0.1) is 0 Å². The summed E-state index contributed by atoms with van der Waals surface area (Å²) in [6.45, 7) is 2.12. The molecule has 8 heteroatoms. The minimum atomic E-state index is -0.594. The van der Waals surface area contributed by atoms with Crippen LogP contribution in [-0.2, 0) is 9.59 Å². The zero-order chi connectivity index (χ0) is 19.6. The molecule has 0 radical (unpaired) electrons. The molecule has 0 bridgehead atoms. The molecule has 1 aliphatic heterocycles. The van der Waals surface area contributed by atoms with E-state index in [4.69, 9.17) is 11.5 Å². The molecule has 5 N–H and O–H groups in total. The highest BCUT2D eigenvalue weighted by Gasteiger charge is 2.33. The smallest absolute Gasteiger partial charge is 0.320 e. The van der Waals surface area contributed by atoms with Crippen LogP contribution in [0.4, 0.5) is 21.9 Å². The Morgan fingerprint density at radius 2 is 1.85 bits per heavy atom. The molecule has 0 aromatic heterocycles. The van der Waals surface area contributed by atoms with Crippen LogP contribution in [0, 0.1) is 5.92 Å². The number of Topliss-reactive ketones (excluding diaryl/α,β-unsaturated/α-hetero) is 1. The lowest BCUT2D eigenvalue weighted by molar-refractivity contribution is -0.122. The van der Waals surface area contributed by atoms with Gasteiger partial charge >= 0.3 is 6.03 Å². The van der Waals surface area contributed by atoms with E-state index in [1.165, 1.54) is 11.3 Å². The van der Waals surface area contributed by atoms with Crippen molar-refractivity contribution in [2.45, 2.75) is 45.1 Å². The van der Waals surface area contributed by atoms with Gasteiger partial charge in [0.05, 0.1) is 17.9 Å². The lowest BCUT2D eigenvalue weighted by Crippen LogP contribution is -2.46. The SMILES string of the molecule is CC(C(N)=O)N1CN(C(N)=O)c2ccc(NCC(=O)C3CCCCC3)cc21. The monoisotopic (exact) mass is 373 g/mol. The number of hydrogen-bond donors (Lipinski definition) is 3. The molecule has 146 valence electrons. The molecular formula is C19H27N5O3. The van der Waals surface area contributed by atoms with E-state index in [1.807, 2.05) is 6.07 Å². The van der Waals surface area contributed by atoms with Crippen LogP contribution in [0.25, 0.3) is 0 Å². The van der Waals surface area contributed by atoms with E-state index in [1.54, 1.807) is 24.0 Å². The number of hydrogen-bond acceptors (Lipinski definition) is 5. The predicted octanol–water partition coefficient (Wildman–Crippen LogP) is 1.78. The van der Waals surface area contributed by atoms with Crippen LogP contribution < -0.4 is 26.6 Å². The highest BCUT2D eigenvalue weighted by Crippen LogP contribution is 2.39. The van der Waals surface area contributed by atoms with Crippen molar-refractivity contribution in [3.05, 3.63) is 18.2 Å². The Kier molecular flexibility index (Phi) is 5.53. The van der Waals surface area contributed by atoms with Gasteiger partial charge in [-0.3, -0.25) is 14.5 Å². The number of carbonyl (C=O) groups is 3. The van der Waals surface area contributed by atoms with Crippen molar-refractivity contribution < 1.29 is 14.4 Å². The molecule has 3 amide bonds. The summed E-state index contributed by atoms with van der Waals surface area (Å²) in [5.41, 5.74) is 13.0. The van der Waals surface area contributed by atoms with Crippen molar-refractivity contribution in [2.24, 2.45) is 17.4 Å². The molecule has 3 rings (SSSR count). The maximum absolute atomic E-state index is 12.4. The van der Waals surface area contributed by atoms with Gasteiger partial charge in [0.1, 0.15) is 12.7 Å². The fourth-order valence-electron chi connectivity index (χ4n) is 3.83. The molecule has 27 heavy (non-hydrogen) atoms. The van der Waals surface area contributed by atoms with Gasteiger partial charge in [-0.25, -0.2) is 4.79 Å². The highest BCUT2D eigenvalue weighted by atomic mass is 16.2. The van der Waals surface area contributed by atoms with E-state index in [2.05, 4.69) is 5.32 Å². The number of rotatable bonds is 6. The van der Waals surface area contributed by atoms with Crippen molar-refractivity contribution in [2.75, 3.05) is 28.3 Å². The summed E-state index contributed by atoms with van der Waals surface area (Å²) in [6, 6.07) is 4.21. The molecule has 1 aromatic carbocycles. The van der Waals surface area contributed by atoms with E-state index in [-0.39, 0.29) is 24.9 Å². The van der Waals surface area contributed by atoms with Crippen molar-refractivity contribution >= 4 is 34.8 Å². The van der Waals surface area contributed by atoms with Gasteiger partial charge in [-0.1, -0.05) is 19.3 Å².